The average molecular weight is 398 g/mol. The van der Waals surface area contributed by atoms with Crippen LogP contribution in [0.4, 0.5) is 5.69 Å². The van der Waals surface area contributed by atoms with Gasteiger partial charge in [0.05, 0.1) is 4.92 Å². The van der Waals surface area contributed by atoms with Crippen LogP contribution in [0.25, 0.3) is 0 Å². The number of rotatable bonds is 7. The number of carboxylic acids is 2. The molecule has 1 aromatic carbocycles. The molecule has 136 valence electrons. The lowest BCUT2D eigenvalue weighted by molar-refractivity contribution is -0.529. The summed E-state index contributed by atoms with van der Waals surface area (Å²) in [4.78, 5) is 41.6. The number of carboxylic acid groups (broad SMARTS) is 2. The lowest BCUT2D eigenvalue weighted by Gasteiger charge is -2.26. The van der Waals surface area contributed by atoms with Crippen LogP contribution in [0.15, 0.2) is 47.4 Å². The van der Waals surface area contributed by atoms with Crippen LogP contribution in [0.1, 0.15) is 10.4 Å². The fourth-order valence-electron chi connectivity index (χ4n) is 2.17. The first-order valence-electron chi connectivity index (χ1n) is 6.80. The first kappa shape index (κ1) is 19.5. The van der Waals surface area contributed by atoms with E-state index in [0.717, 1.165) is 29.0 Å². The van der Waals surface area contributed by atoms with Crippen LogP contribution in [0.2, 0.25) is 0 Å². The summed E-state index contributed by atoms with van der Waals surface area (Å²) < 4.78 is 0. The normalized spacial score (nSPS) is 21.3. The lowest BCUT2D eigenvalue weighted by atomic mass is 9.95. The van der Waals surface area contributed by atoms with Crippen molar-refractivity contribution in [2.24, 2.45) is 5.92 Å². The van der Waals surface area contributed by atoms with Crippen LogP contribution in [0, 0.1) is 26.1 Å². The van der Waals surface area contributed by atoms with E-state index in [4.69, 9.17) is 5.11 Å². The number of hydrogen-bond acceptors (Lipinski definition) is 8. The molecule has 0 fully saturated rings. The second kappa shape index (κ2) is 7.58. The van der Waals surface area contributed by atoms with Crippen molar-refractivity contribution in [1.29, 1.82) is 0 Å². The van der Waals surface area contributed by atoms with Crippen molar-refractivity contribution in [3.05, 3.63) is 68.3 Å². The van der Waals surface area contributed by atoms with E-state index in [2.05, 4.69) is 0 Å². The van der Waals surface area contributed by atoms with Crippen LogP contribution in [0.3, 0.4) is 0 Å². The third kappa shape index (κ3) is 3.70. The van der Waals surface area contributed by atoms with E-state index in [1.807, 2.05) is 0 Å². The Kier molecular flexibility index (Phi) is 5.67. The number of hydrogen-bond donors (Lipinski definition) is 2. The number of aromatic carboxylic acids is 1. The average Bonchev–Trinajstić information content (AvgIpc) is 2.59. The Balaban J connectivity index is 2.35. The van der Waals surface area contributed by atoms with E-state index in [9.17, 15) is 34.9 Å². The van der Waals surface area contributed by atoms with E-state index in [-0.39, 0.29) is 4.90 Å². The molecule has 1 aromatic rings. The molecule has 1 aliphatic rings. The molecule has 2 atom stereocenters. The van der Waals surface area contributed by atoms with Crippen molar-refractivity contribution in [3.63, 3.8) is 0 Å². The zero-order valence-electron chi connectivity index (χ0n) is 12.7. The number of nitro groups is 2. The van der Waals surface area contributed by atoms with Gasteiger partial charge in [-0.05, 0) is 12.1 Å². The Labute approximate surface area is 153 Å². The highest BCUT2D eigenvalue weighted by Crippen LogP contribution is 2.48. The molecule has 0 amide bonds. The van der Waals surface area contributed by atoms with Crippen LogP contribution in [-0.4, -0.2) is 36.9 Å². The van der Waals surface area contributed by atoms with Gasteiger partial charge in [-0.25, -0.2) is 4.79 Å². The second-order valence-electron chi connectivity index (χ2n) is 4.98. The maximum atomic E-state index is 11.6. The summed E-state index contributed by atoms with van der Waals surface area (Å²) in [7, 11) is 1.38. The monoisotopic (exact) mass is 398 g/mol. The van der Waals surface area contributed by atoms with E-state index >= 15 is 0 Å². The quantitative estimate of drug-likeness (QED) is 0.302. The maximum Gasteiger partial charge on any atom is 0.342 e. The largest absolute Gasteiger partial charge is 0.481 e. The van der Waals surface area contributed by atoms with Crippen LogP contribution in [0.5, 0.6) is 0 Å². The molecule has 10 nitrogen and oxygen atoms in total. The molecule has 12 heteroatoms. The summed E-state index contributed by atoms with van der Waals surface area (Å²) in [5.74, 6) is -4.33. The van der Waals surface area contributed by atoms with Gasteiger partial charge in [-0.3, -0.25) is 25.0 Å². The van der Waals surface area contributed by atoms with E-state index in [1.165, 1.54) is 24.3 Å². The molecule has 0 spiro atoms. The summed E-state index contributed by atoms with van der Waals surface area (Å²) in [5, 5.41) is 40.8. The third-order valence-corrected chi connectivity index (χ3v) is 6.38. The summed E-state index contributed by atoms with van der Waals surface area (Å²) >= 11 is 0. The standard InChI is InChI=1S/C14H10N2O8S2/c17-12(18)9-7-8(4-5-11(9)15(21)22)25-26-14(16(23)24)6-2-1-3-10(14)13(19)20/h1-7,10H,(H,17,18)(H,19,20). The number of aliphatic carboxylic acids is 1. The number of nitrogens with zero attached hydrogens (tertiary/aromatic N) is 2. The minimum Gasteiger partial charge on any atom is -0.481 e. The van der Waals surface area contributed by atoms with Gasteiger partial charge in [0.2, 0.25) is 0 Å². The summed E-state index contributed by atoms with van der Waals surface area (Å²) in [6, 6.07) is 3.24. The molecule has 2 unspecified atom stereocenters. The highest BCUT2D eigenvalue weighted by molar-refractivity contribution is 8.77. The maximum absolute atomic E-state index is 11.6. The van der Waals surface area contributed by atoms with Crippen molar-refractivity contribution in [2.45, 2.75) is 9.77 Å². The Bertz CT molecular complexity index is 853. The molecule has 1 aliphatic carbocycles. The first-order valence-corrected chi connectivity index (χ1v) is 8.95. The minimum atomic E-state index is -2.00. The summed E-state index contributed by atoms with van der Waals surface area (Å²) in [6.45, 7) is 0. The van der Waals surface area contributed by atoms with Crippen molar-refractivity contribution in [1.82, 2.24) is 0 Å². The topological polar surface area (TPSA) is 161 Å². The fourth-order valence-corrected chi connectivity index (χ4v) is 4.82. The summed E-state index contributed by atoms with van der Waals surface area (Å²) in [5.41, 5.74) is -1.18. The van der Waals surface area contributed by atoms with Gasteiger partial charge in [-0.2, -0.15) is 0 Å². The fraction of sp³-hybridized carbons (Fsp3) is 0.143. The third-order valence-electron chi connectivity index (χ3n) is 3.41. The van der Waals surface area contributed by atoms with Gasteiger partial charge < -0.3 is 10.2 Å². The van der Waals surface area contributed by atoms with Crippen LogP contribution < -0.4 is 0 Å². The van der Waals surface area contributed by atoms with E-state index in [0.29, 0.717) is 10.8 Å². The number of nitro benzene ring substituents is 1. The zero-order valence-corrected chi connectivity index (χ0v) is 14.3. The van der Waals surface area contributed by atoms with Gasteiger partial charge >= 0.3 is 16.8 Å². The molecule has 0 heterocycles. The van der Waals surface area contributed by atoms with Gasteiger partial charge in [0.25, 0.3) is 5.69 Å². The SMILES string of the molecule is O=C(O)c1cc(SSC2([N+](=O)[O-])C=CC=CC2C(=O)O)ccc1[N+](=O)[O-]. The Morgan fingerprint density at radius 1 is 1.15 bits per heavy atom. The molecule has 26 heavy (non-hydrogen) atoms. The van der Waals surface area contributed by atoms with Crippen LogP contribution >= 0.6 is 21.6 Å². The Morgan fingerprint density at radius 2 is 1.85 bits per heavy atom. The zero-order chi connectivity index (χ0) is 19.5. The number of allylic oxidation sites excluding steroid dienone is 2. The van der Waals surface area contributed by atoms with Crippen molar-refractivity contribution >= 4 is 39.2 Å². The Morgan fingerprint density at radius 3 is 2.38 bits per heavy atom. The second-order valence-corrected chi connectivity index (χ2v) is 7.44. The Hall–Kier alpha value is -2.86. The molecule has 2 N–H and O–H groups in total. The molecule has 2 rings (SSSR count). The highest BCUT2D eigenvalue weighted by Gasteiger charge is 2.53. The predicted molar refractivity (Wildman–Crippen MR) is 92.6 cm³/mol. The van der Waals surface area contributed by atoms with Gasteiger partial charge in [-0.1, -0.05) is 29.0 Å². The molecule has 0 saturated heterocycles. The van der Waals surface area contributed by atoms with Gasteiger partial charge in [0.1, 0.15) is 5.56 Å². The van der Waals surface area contributed by atoms with E-state index in [1.54, 1.807) is 0 Å². The van der Waals surface area contributed by atoms with Gasteiger partial charge in [0, 0.05) is 32.8 Å². The lowest BCUT2D eigenvalue weighted by Crippen LogP contribution is -2.44. The molecule has 0 radical (unpaired) electrons. The minimum absolute atomic E-state index is 0.200. The molecular weight excluding hydrogens is 388 g/mol. The molecule has 0 bridgehead atoms. The van der Waals surface area contributed by atoms with Crippen molar-refractivity contribution < 1.29 is 29.6 Å². The molecular formula is C14H10N2O8S2. The van der Waals surface area contributed by atoms with Crippen LogP contribution in [-0.2, 0) is 4.79 Å². The van der Waals surface area contributed by atoms with Gasteiger partial charge in [0.15, 0.2) is 5.92 Å². The first-order chi connectivity index (χ1) is 12.2. The highest BCUT2D eigenvalue weighted by atomic mass is 33.1. The molecule has 0 aromatic heterocycles. The van der Waals surface area contributed by atoms with E-state index < -0.39 is 43.8 Å². The smallest absolute Gasteiger partial charge is 0.342 e. The number of benzene rings is 1. The number of carbonyl (C=O) groups is 2. The summed E-state index contributed by atoms with van der Waals surface area (Å²) in [6.07, 6.45) is 5.08. The molecule has 0 aliphatic heterocycles. The molecule has 0 saturated carbocycles. The predicted octanol–water partition coefficient (Wildman–Crippen LogP) is 2.83. The van der Waals surface area contributed by atoms with Gasteiger partial charge in [-0.15, -0.1) is 0 Å². The van der Waals surface area contributed by atoms with Crippen molar-refractivity contribution in [3.8, 4) is 0 Å². The van der Waals surface area contributed by atoms with Crippen molar-refractivity contribution in [2.75, 3.05) is 0 Å².